The van der Waals surface area contributed by atoms with Gasteiger partial charge in [-0.2, -0.15) is 0 Å². The molecule has 0 fully saturated rings. The molecule has 0 N–H and O–H groups in total. The van der Waals surface area contributed by atoms with E-state index in [1.54, 1.807) is 6.92 Å². The zero-order chi connectivity index (χ0) is 11.5. The van der Waals surface area contributed by atoms with Crippen molar-refractivity contribution < 1.29 is 14.6 Å². The highest BCUT2D eigenvalue weighted by molar-refractivity contribution is 6.66. The number of halogens is 3. The summed E-state index contributed by atoms with van der Waals surface area (Å²) in [5, 5.41) is 11.0. The van der Waals surface area contributed by atoms with Crippen molar-refractivity contribution in [3.05, 3.63) is 18.2 Å². The van der Waals surface area contributed by atoms with Crippen LogP contribution >= 0.6 is 34.8 Å². The Labute approximate surface area is 102 Å². The van der Waals surface area contributed by atoms with E-state index in [9.17, 15) is 5.11 Å². The van der Waals surface area contributed by atoms with Crippen LogP contribution in [0, 0.1) is 0 Å². The molecule has 0 amide bonds. The van der Waals surface area contributed by atoms with Crippen molar-refractivity contribution in [1.29, 1.82) is 0 Å². The summed E-state index contributed by atoms with van der Waals surface area (Å²) >= 11 is 16.4. The minimum atomic E-state index is -1.88. The molecule has 0 spiro atoms. The minimum absolute atomic E-state index is 0.199. The Kier molecular flexibility index (Phi) is 4.20. The summed E-state index contributed by atoms with van der Waals surface area (Å²) in [6.07, 6.45) is 0. The Morgan fingerprint density at radius 3 is 2.47 bits per heavy atom. The first-order valence-corrected chi connectivity index (χ1v) is 5.25. The third kappa shape index (κ3) is 4.24. The first-order valence-electron chi connectivity index (χ1n) is 4.12. The maximum absolute atomic E-state index is 11.0. The second-order valence-electron chi connectivity index (χ2n) is 2.59. The van der Waals surface area contributed by atoms with Crippen LogP contribution in [0.3, 0.4) is 0 Å². The summed E-state index contributed by atoms with van der Waals surface area (Å²) in [4.78, 5) is 0. The van der Waals surface area contributed by atoms with Crippen LogP contribution in [0.5, 0.6) is 17.2 Å². The Morgan fingerprint density at radius 2 is 1.93 bits per heavy atom. The molecule has 0 bridgehead atoms. The van der Waals surface area contributed by atoms with Crippen molar-refractivity contribution in [2.45, 2.75) is 10.9 Å². The summed E-state index contributed by atoms with van der Waals surface area (Å²) in [5.74, 6) is 0.280. The van der Waals surface area contributed by atoms with Crippen molar-refractivity contribution in [3.63, 3.8) is 0 Å². The zero-order valence-corrected chi connectivity index (χ0v) is 10.1. The van der Waals surface area contributed by atoms with Gasteiger partial charge in [-0.25, -0.2) is 0 Å². The van der Waals surface area contributed by atoms with Crippen molar-refractivity contribution >= 4 is 34.8 Å². The molecule has 83 valence electrons. The Hall–Kier alpha value is -0.510. The van der Waals surface area contributed by atoms with Crippen LogP contribution in [0.2, 0.25) is 0 Å². The van der Waals surface area contributed by atoms with Gasteiger partial charge >= 0.3 is 3.98 Å². The number of benzene rings is 1. The van der Waals surface area contributed by atoms with E-state index in [0.29, 0.717) is 6.61 Å². The van der Waals surface area contributed by atoms with Crippen molar-refractivity contribution in [3.8, 4) is 17.2 Å². The minimum Gasteiger partial charge on any atom is -0.490 e. The number of hydrogen-bond donors (Lipinski definition) is 0. The van der Waals surface area contributed by atoms with Gasteiger partial charge in [-0.05, 0) is 53.9 Å². The molecule has 0 saturated carbocycles. The van der Waals surface area contributed by atoms with Crippen LogP contribution in [0.15, 0.2) is 18.2 Å². The molecule has 0 atom stereocenters. The van der Waals surface area contributed by atoms with Gasteiger partial charge in [-0.15, -0.1) is 0 Å². The van der Waals surface area contributed by atoms with E-state index in [1.807, 2.05) is 0 Å². The van der Waals surface area contributed by atoms with Gasteiger partial charge in [0.05, 0.1) is 6.61 Å². The predicted octanol–water partition coefficient (Wildman–Crippen LogP) is 3.94. The standard InChI is InChI=1S/C9H8Cl3O3/c1-2-14-8-5-6(13)3-4-7(8)15-9(10,11)12/h3-5H,2H2,1H3. The first kappa shape index (κ1) is 12.6. The Morgan fingerprint density at radius 1 is 1.27 bits per heavy atom. The molecule has 1 aromatic rings. The fourth-order valence-corrected chi connectivity index (χ4v) is 1.22. The quantitative estimate of drug-likeness (QED) is 0.780. The number of ether oxygens (including phenoxy) is 2. The fourth-order valence-electron chi connectivity index (χ4n) is 0.966. The first-order chi connectivity index (χ1) is 6.92. The van der Waals surface area contributed by atoms with Crippen LogP contribution in [0.1, 0.15) is 6.92 Å². The molecule has 0 aliphatic carbocycles. The van der Waals surface area contributed by atoms with Crippen molar-refractivity contribution in [2.75, 3.05) is 6.61 Å². The van der Waals surface area contributed by atoms with Gasteiger partial charge in [-0.1, -0.05) is 0 Å². The molecule has 1 radical (unpaired) electrons. The molecule has 0 unspecified atom stereocenters. The molecule has 1 aromatic carbocycles. The lowest BCUT2D eigenvalue weighted by molar-refractivity contribution is 0.273. The average molecular weight is 271 g/mol. The molecule has 6 heteroatoms. The van der Waals surface area contributed by atoms with Crippen molar-refractivity contribution in [1.82, 2.24) is 0 Å². The molecule has 0 aromatic heterocycles. The van der Waals surface area contributed by atoms with Gasteiger partial charge in [0.1, 0.15) is 0 Å². The van der Waals surface area contributed by atoms with Crippen LogP contribution in [-0.2, 0) is 5.11 Å². The average Bonchev–Trinajstić information content (AvgIpc) is 2.08. The molecular weight excluding hydrogens is 262 g/mol. The van der Waals surface area contributed by atoms with E-state index in [0.717, 1.165) is 0 Å². The van der Waals surface area contributed by atoms with E-state index in [4.69, 9.17) is 44.3 Å². The van der Waals surface area contributed by atoms with Crippen LogP contribution in [0.4, 0.5) is 0 Å². The second kappa shape index (κ2) is 5.01. The Balaban J connectivity index is 2.95. The molecule has 1 rings (SSSR count). The van der Waals surface area contributed by atoms with Gasteiger partial charge in [0, 0.05) is 6.07 Å². The summed E-state index contributed by atoms with van der Waals surface area (Å²) in [7, 11) is 0. The smallest absolute Gasteiger partial charge is 0.338 e. The van der Waals surface area contributed by atoms with Crippen LogP contribution in [0.25, 0.3) is 0 Å². The molecule has 0 heterocycles. The van der Waals surface area contributed by atoms with E-state index in [-0.39, 0.29) is 17.2 Å². The van der Waals surface area contributed by atoms with Crippen LogP contribution in [-0.4, -0.2) is 10.6 Å². The summed E-state index contributed by atoms with van der Waals surface area (Å²) < 4.78 is 8.26. The van der Waals surface area contributed by atoms with E-state index in [2.05, 4.69) is 0 Å². The summed E-state index contributed by atoms with van der Waals surface area (Å²) in [6.45, 7) is 2.16. The second-order valence-corrected chi connectivity index (χ2v) is 4.77. The Bertz CT molecular complexity index is 336. The van der Waals surface area contributed by atoms with Gasteiger partial charge in [0.25, 0.3) is 0 Å². The van der Waals surface area contributed by atoms with E-state index < -0.39 is 3.98 Å². The molecule has 15 heavy (non-hydrogen) atoms. The zero-order valence-electron chi connectivity index (χ0n) is 7.80. The predicted molar refractivity (Wildman–Crippen MR) is 58.7 cm³/mol. The highest BCUT2D eigenvalue weighted by Gasteiger charge is 2.24. The topological polar surface area (TPSA) is 38.4 Å². The molecule has 0 aliphatic heterocycles. The number of alkyl halides is 3. The van der Waals surface area contributed by atoms with Gasteiger partial charge in [0.15, 0.2) is 17.2 Å². The van der Waals surface area contributed by atoms with E-state index in [1.165, 1.54) is 18.2 Å². The molecule has 0 aliphatic rings. The van der Waals surface area contributed by atoms with Gasteiger partial charge in [-0.3, -0.25) is 5.11 Å². The summed E-state index contributed by atoms with van der Waals surface area (Å²) in [5.41, 5.74) is 0. The van der Waals surface area contributed by atoms with Gasteiger partial charge < -0.3 is 9.47 Å². The van der Waals surface area contributed by atoms with E-state index >= 15 is 0 Å². The maximum Gasteiger partial charge on any atom is 0.338 e. The molecule has 0 saturated heterocycles. The van der Waals surface area contributed by atoms with Crippen LogP contribution < -0.4 is 9.47 Å². The highest BCUT2D eigenvalue weighted by Crippen LogP contribution is 2.37. The van der Waals surface area contributed by atoms with Crippen molar-refractivity contribution in [2.24, 2.45) is 0 Å². The third-order valence-corrected chi connectivity index (χ3v) is 1.67. The lowest BCUT2D eigenvalue weighted by Gasteiger charge is -2.16. The summed E-state index contributed by atoms with van der Waals surface area (Å²) in [6, 6.07) is 3.97. The monoisotopic (exact) mass is 269 g/mol. The fraction of sp³-hybridized carbons (Fsp3) is 0.333. The number of hydrogen-bond acceptors (Lipinski definition) is 2. The lowest BCUT2D eigenvalue weighted by Crippen LogP contribution is -2.13. The molecule has 3 nitrogen and oxygen atoms in total. The SMILES string of the molecule is CCOc1cc([O])ccc1OC(Cl)(Cl)Cl. The largest absolute Gasteiger partial charge is 0.490 e. The maximum atomic E-state index is 11.0. The van der Waals surface area contributed by atoms with Gasteiger partial charge in [0.2, 0.25) is 0 Å². The normalized spacial score (nSPS) is 11.2. The third-order valence-electron chi connectivity index (χ3n) is 1.44. The highest BCUT2D eigenvalue weighted by atomic mass is 35.6. The molecular formula is C9H8Cl3O3. The number of rotatable bonds is 3. The lowest BCUT2D eigenvalue weighted by atomic mass is 10.3.